The fourth-order valence-electron chi connectivity index (χ4n) is 4.07. The van der Waals surface area contributed by atoms with Crippen LogP contribution in [0, 0.1) is 6.92 Å². The van der Waals surface area contributed by atoms with Crippen molar-refractivity contribution in [2.75, 3.05) is 11.5 Å². The van der Waals surface area contributed by atoms with Crippen LogP contribution in [0.5, 0.6) is 5.75 Å². The van der Waals surface area contributed by atoms with Gasteiger partial charge < -0.3 is 9.14 Å². The number of carbonyl (C=O) groups excluding carboxylic acids is 1. The number of nitrogens with zero attached hydrogens (tertiary/aromatic N) is 5. The maximum Gasteiger partial charge on any atom is 0.280 e. The third kappa shape index (κ3) is 2.77. The van der Waals surface area contributed by atoms with Crippen molar-refractivity contribution in [1.29, 1.82) is 0 Å². The van der Waals surface area contributed by atoms with Crippen LogP contribution in [-0.2, 0) is 7.05 Å². The number of aromatic nitrogens is 4. The van der Waals surface area contributed by atoms with E-state index in [-0.39, 0.29) is 11.9 Å². The van der Waals surface area contributed by atoms with Crippen molar-refractivity contribution in [2.24, 2.45) is 7.05 Å². The van der Waals surface area contributed by atoms with E-state index in [0.717, 1.165) is 40.3 Å². The minimum absolute atomic E-state index is 0.0964. The first kappa shape index (κ1) is 18.4. The Hall–Kier alpha value is -3.61. The summed E-state index contributed by atoms with van der Waals surface area (Å²) in [4.78, 5) is 19.6. The number of fused-ring (bicyclic) bond motifs is 2. The summed E-state index contributed by atoms with van der Waals surface area (Å²) < 4.78 is 9.44. The molecule has 0 aliphatic carbocycles. The van der Waals surface area contributed by atoms with Crippen molar-refractivity contribution in [3.8, 4) is 5.75 Å². The fourth-order valence-corrected chi connectivity index (χ4v) is 4.07. The van der Waals surface area contributed by atoms with Crippen LogP contribution in [-0.4, -0.2) is 31.7 Å². The summed E-state index contributed by atoms with van der Waals surface area (Å²) in [5, 5.41) is 4.51. The van der Waals surface area contributed by atoms with Crippen LogP contribution in [0.25, 0.3) is 5.65 Å². The zero-order chi connectivity index (χ0) is 20.8. The summed E-state index contributed by atoms with van der Waals surface area (Å²) in [7, 11) is 1.88. The molecule has 0 fully saturated rings. The molecule has 0 N–H and O–H groups in total. The Balaban J connectivity index is 1.62. The molecule has 30 heavy (non-hydrogen) atoms. The maximum absolute atomic E-state index is 13.4. The minimum atomic E-state index is -0.251. The third-order valence-electron chi connectivity index (χ3n) is 5.66. The Bertz CT molecular complexity index is 1240. The first-order valence-electron chi connectivity index (χ1n) is 10.1. The predicted molar refractivity (Wildman–Crippen MR) is 114 cm³/mol. The number of imidazole rings is 1. The van der Waals surface area contributed by atoms with Crippen molar-refractivity contribution < 1.29 is 9.53 Å². The normalized spacial score (nSPS) is 15.8. The molecule has 1 aromatic carbocycles. The van der Waals surface area contributed by atoms with Crippen LogP contribution < -0.4 is 9.64 Å². The molecule has 7 nitrogen and oxygen atoms in total. The van der Waals surface area contributed by atoms with Gasteiger partial charge in [-0.25, -0.2) is 4.98 Å². The third-order valence-corrected chi connectivity index (χ3v) is 5.66. The molecule has 4 heterocycles. The highest BCUT2D eigenvalue weighted by Gasteiger charge is 2.43. The van der Waals surface area contributed by atoms with Crippen molar-refractivity contribution in [2.45, 2.75) is 26.3 Å². The first-order valence-corrected chi connectivity index (χ1v) is 10.1. The molecule has 1 aliphatic heterocycles. The van der Waals surface area contributed by atoms with Crippen molar-refractivity contribution in [1.82, 2.24) is 19.2 Å². The minimum Gasteiger partial charge on any atom is -0.494 e. The van der Waals surface area contributed by atoms with E-state index >= 15 is 0 Å². The Kier molecular flexibility index (Phi) is 4.31. The largest absolute Gasteiger partial charge is 0.494 e. The number of hydrogen-bond acceptors (Lipinski definition) is 4. The van der Waals surface area contributed by atoms with E-state index in [0.29, 0.717) is 12.3 Å². The van der Waals surface area contributed by atoms with Crippen molar-refractivity contribution in [3.05, 3.63) is 77.5 Å². The Morgan fingerprint density at radius 1 is 1.13 bits per heavy atom. The number of carbonyl (C=O) groups is 1. The average molecular weight is 401 g/mol. The molecular formula is C23H23N5O2. The zero-order valence-corrected chi connectivity index (χ0v) is 17.2. The van der Waals surface area contributed by atoms with Gasteiger partial charge in [0.15, 0.2) is 5.69 Å². The maximum atomic E-state index is 13.4. The van der Waals surface area contributed by atoms with Gasteiger partial charge in [0, 0.05) is 43.0 Å². The lowest BCUT2D eigenvalue weighted by Crippen LogP contribution is -2.29. The molecule has 0 spiro atoms. The lowest BCUT2D eigenvalue weighted by Gasteiger charge is -2.27. The zero-order valence-electron chi connectivity index (χ0n) is 17.2. The monoisotopic (exact) mass is 401 g/mol. The SMILES string of the molecule is CCCOc1ccc(C2c3c(nn(C)c3C)C(=O)N2c2ccn3ccnc3c2)cc1. The van der Waals surface area contributed by atoms with Gasteiger partial charge in [-0.05, 0) is 37.1 Å². The summed E-state index contributed by atoms with van der Waals surface area (Å²) in [5.74, 6) is 0.735. The number of benzene rings is 1. The van der Waals surface area contributed by atoms with E-state index < -0.39 is 0 Å². The average Bonchev–Trinajstić information content (AvgIpc) is 3.42. The molecule has 152 valence electrons. The second-order valence-corrected chi connectivity index (χ2v) is 7.54. The number of ether oxygens (including phenoxy) is 1. The first-order chi connectivity index (χ1) is 14.6. The summed E-state index contributed by atoms with van der Waals surface area (Å²) in [5.41, 5.74) is 5.06. The predicted octanol–water partition coefficient (Wildman–Crippen LogP) is 3.91. The molecule has 5 rings (SSSR count). The molecule has 0 saturated heterocycles. The van der Waals surface area contributed by atoms with Gasteiger partial charge in [-0.1, -0.05) is 19.1 Å². The Labute approximate surface area is 174 Å². The number of anilines is 1. The smallest absolute Gasteiger partial charge is 0.280 e. The summed E-state index contributed by atoms with van der Waals surface area (Å²) in [6.45, 7) is 4.77. The van der Waals surface area contributed by atoms with Gasteiger partial charge in [0.25, 0.3) is 5.91 Å². The number of rotatable bonds is 5. The number of amides is 1. The van der Waals surface area contributed by atoms with Crippen LogP contribution >= 0.6 is 0 Å². The van der Waals surface area contributed by atoms with Gasteiger partial charge in [-0.2, -0.15) is 5.10 Å². The van der Waals surface area contributed by atoms with E-state index in [4.69, 9.17) is 4.74 Å². The molecule has 4 aromatic rings. The molecule has 0 radical (unpaired) electrons. The van der Waals surface area contributed by atoms with Gasteiger partial charge in [0.1, 0.15) is 11.4 Å². The highest BCUT2D eigenvalue weighted by molar-refractivity contribution is 6.10. The topological polar surface area (TPSA) is 64.7 Å². The van der Waals surface area contributed by atoms with Gasteiger partial charge in [-0.3, -0.25) is 14.4 Å². The second-order valence-electron chi connectivity index (χ2n) is 7.54. The second kappa shape index (κ2) is 7.02. The lowest BCUT2D eigenvalue weighted by molar-refractivity contribution is 0.0988. The molecule has 1 atom stereocenters. The van der Waals surface area contributed by atoms with Crippen LogP contribution in [0.1, 0.15) is 46.7 Å². The summed E-state index contributed by atoms with van der Waals surface area (Å²) in [6.07, 6.45) is 6.52. The molecule has 1 unspecified atom stereocenters. The lowest BCUT2D eigenvalue weighted by atomic mass is 9.98. The van der Waals surface area contributed by atoms with Crippen molar-refractivity contribution in [3.63, 3.8) is 0 Å². The van der Waals surface area contributed by atoms with E-state index in [2.05, 4.69) is 17.0 Å². The Morgan fingerprint density at radius 2 is 1.93 bits per heavy atom. The van der Waals surface area contributed by atoms with Crippen LogP contribution in [0.4, 0.5) is 5.69 Å². The van der Waals surface area contributed by atoms with Crippen LogP contribution in [0.15, 0.2) is 55.0 Å². The molecule has 0 saturated carbocycles. The summed E-state index contributed by atoms with van der Waals surface area (Å²) in [6, 6.07) is 11.6. The number of hydrogen-bond donors (Lipinski definition) is 0. The molecular weight excluding hydrogens is 378 g/mol. The molecule has 0 bridgehead atoms. The van der Waals surface area contributed by atoms with Crippen LogP contribution in [0.2, 0.25) is 0 Å². The van der Waals surface area contributed by atoms with Crippen LogP contribution in [0.3, 0.4) is 0 Å². The van der Waals surface area contributed by atoms with E-state index in [9.17, 15) is 4.79 Å². The van der Waals surface area contributed by atoms with Crippen molar-refractivity contribution >= 4 is 17.2 Å². The molecule has 1 aliphatic rings. The molecule has 3 aromatic heterocycles. The van der Waals surface area contributed by atoms with Gasteiger partial charge >= 0.3 is 0 Å². The van der Waals surface area contributed by atoms with Gasteiger partial charge in [-0.15, -0.1) is 0 Å². The van der Waals surface area contributed by atoms with Gasteiger partial charge in [0.05, 0.1) is 18.3 Å². The quantitative estimate of drug-likeness (QED) is 0.509. The number of pyridine rings is 1. The standard InChI is InChI=1S/C23H23N5O2/c1-4-13-30-18-7-5-16(6-8-18)22-20-15(2)26(3)25-21(20)23(29)28(22)17-9-11-27-12-10-24-19(27)14-17/h5-12,14,22H,4,13H2,1-3H3. The molecule has 7 heteroatoms. The highest BCUT2D eigenvalue weighted by Crippen LogP contribution is 2.43. The number of aryl methyl sites for hydroxylation is 1. The fraction of sp³-hybridized carbons (Fsp3) is 0.261. The molecule has 1 amide bonds. The van der Waals surface area contributed by atoms with Gasteiger partial charge in [0.2, 0.25) is 0 Å². The summed E-state index contributed by atoms with van der Waals surface area (Å²) >= 11 is 0. The van der Waals surface area contributed by atoms with E-state index in [1.54, 1.807) is 10.9 Å². The highest BCUT2D eigenvalue weighted by atomic mass is 16.5. The van der Waals surface area contributed by atoms with E-state index in [1.165, 1.54) is 0 Å². The Morgan fingerprint density at radius 3 is 2.70 bits per heavy atom. The van der Waals surface area contributed by atoms with E-state index in [1.807, 2.05) is 72.1 Å².